The number of ether oxygens (including phenoxy) is 1. The molecule has 7 nitrogen and oxygen atoms in total. The van der Waals surface area contributed by atoms with Gasteiger partial charge in [0.25, 0.3) is 5.91 Å². The Kier molecular flexibility index (Phi) is 5.04. The average Bonchev–Trinajstić information content (AvgIpc) is 3.37. The Labute approximate surface area is 166 Å². The zero-order valence-electron chi connectivity index (χ0n) is 15.4. The van der Waals surface area contributed by atoms with E-state index >= 15 is 0 Å². The Balaban J connectivity index is 1.37. The van der Waals surface area contributed by atoms with Gasteiger partial charge < -0.3 is 20.3 Å². The first-order valence-corrected chi connectivity index (χ1v) is 10.1. The van der Waals surface area contributed by atoms with Crippen LogP contribution in [-0.4, -0.2) is 37.0 Å². The van der Waals surface area contributed by atoms with Crippen molar-refractivity contribution in [3.05, 3.63) is 46.2 Å². The second kappa shape index (κ2) is 7.63. The van der Waals surface area contributed by atoms with E-state index in [1.165, 1.54) is 0 Å². The van der Waals surface area contributed by atoms with Crippen LogP contribution in [-0.2, 0) is 14.3 Å². The van der Waals surface area contributed by atoms with Crippen molar-refractivity contribution in [1.82, 2.24) is 5.32 Å². The molecule has 3 heterocycles. The number of hydrogen-bond acceptors (Lipinski definition) is 6. The highest BCUT2D eigenvalue weighted by molar-refractivity contribution is 7.10. The molecule has 0 bridgehead atoms. The van der Waals surface area contributed by atoms with Crippen LogP contribution in [0, 0.1) is 0 Å². The van der Waals surface area contributed by atoms with Crippen molar-refractivity contribution in [2.75, 3.05) is 23.4 Å². The van der Waals surface area contributed by atoms with Gasteiger partial charge in [-0.05, 0) is 49.4 Å². The summed E-state index contributed by atoms with van der Waals surface area (Å²) in [5, 5.41) is 7.61. The Bertz CT molecular complexity index is 912. The van der Waals surface area contributed by atoms with Gasteiger partial charge in [0.2, 0.25) is 5.91 Å². The standard InChI is InChI=1S/C20H21N3O4S/c1-12(17-5-3-9-28-17)21-18(24)11-27-20(26)13-6-7-15-14(10-13)22-19(25)16-4-2-8-23(15)16/h3,5-7,9-10,12,16H,2,4,8,11H2,1H3,(H,21,24)(H,22,25)/t12-,16+/m0/s1. The molecule has 146 valence electrons. The van der Waals surface area contributed by atoms with Crippen LogP contribution in [0.15, 0.2) is 35.7 Å². The van der Waals surface area contributed by atoms with Crippen molar-refractivity contribution >= 4 is 40.5 Å². The van der Waals surface area contributed by atoms with Gasteiger partial charge in [-0.2, -0.15) is 0 Å². The van der Waals surface area contributed by atoms with Crippen molar-refractivity contribution < 1.29 is 19.1 Å². The summed E-state index contributed by atoms with van der Waals surface area (Å²) >= 11 is 1.55. The topological polar surface area (TPSA) is 87.7 Å². The van der Waals surface area contributed by atoms with E-state index in [1.54, 1.807) is 23.5 Å². The van der Waals surface area contributed by atoms with Gasteiger partial charge >= 0.3 is 5.97 Å². The molecular weight excluding hydrogens is 378 g/mol. The molecule has 2 N–H and O–H groups in total. The van der Waals surface area contributed by atoms with E-state index in [9.17, 15) is 14.4 Å². The molecular formula is C20H21N3O4S. The van der Waals surface area contributed by atoms with Crippen LogP contribution in [0.2, 0.25) is 0 Å². The van der Waals surface area contributed by atoms with Gasteiger partial charge in [0, 0.05) is 11.4 Å². The zero-order valence-corrected chi connectivity index (χ0v) is 16.3. The lowest BCUT2D eigenvalue weighted by Gasteiger charge is -2.33. The third kappa shape index (κ3) is 3.60. The molecule has 1 fully saturated rings. The van der Waals surface area contributed by atoms with E-state index < -0.39 is 5.97 Å². The molecule has 8 heteroatoms. The average molecular weight is 399 g/mol. The summed E-state index contributed by atoms with van der Waals surface area (Å²) in [4.78, 5) is 39.7. The van der Waals surface area contributed by atoms with E-state index in [4.69, 9.17) is 4.74 Å². The van der Waals surface area contributed by atoms with Crippen molar-refractivity contribution in [2.24, 2.45) is 0 Å². The highest BCUT2D eigenvalue weighted by Crippen LogP contribution is 2.37. The zero-order chi connectivity index (χ0) is 19.7. The first-order valence-electron chi connectivity index (χ1n) is 9.24. The molecule has 28 heavy (non-hydrogen) atoms. The van der Waals surface area contributed by atoms with Gasteiger partial charge in [-0.25, -0.2) is 4.79 Å². The van der Waals surface area contributed by atoms with Crippen LogP contribution in [0.25, 0.3) is 0 Å². The molecule has 0 aliphatic carbocycles. The maximum atomic E-state index is 12.3. The highest BCUT2D eigenvalue weighted by Gasteiger charge is 2.36. The van der Waals surface area contributed by atoms with E-state index in [1.807, 2.05) is 30.5 Å². The lowest BCUT2D eigenvalue weighted by molar-refractivity contribution is -0.124. The number of carbonyl (C=O) groups is 3. The molecule has 2 aliphatic heterocycles. The lowest BCUT2D eigenvalue weighted by Crippen LogP contribution is -2.43. The number of fused-ring (bicyclic) bond motifs is 3. The monoisotopic (exact) mass is 399 g/mol. The summed E-state index contributed by atoms with van der Waals surface area (Å²) in [5.74, 6) is -1.00. The van der Waals surface area contributed by atoms with Crippen LogP contribution >= 0.6 is 11.3 Å². The number of amides is 2. The number of benzene rings is 1. The summed E-state index contributed by atoms with van der Waals surface area (Å²) < 4.78 is 5.14. The Morgan fingerprint density at radius 3 is 3.04 bits per heavy atom. The normalized spacial score (nSPS) is 18.7. The minimum Gasteiger partial charge on any atom is -0.452 e. The van der Waals surface area contributed by atoms with Crippen molar-refractivity contribution in [3.8, 4) is 0 Å². The molecule has 0 unspecified atom stereocenters. The van der Waals surface area contributed by atoms with Gasteiger partial charge in [0.05, 0.1) is 23.0 Å². The van der Waals surface area contributed by atoms with E-state index in [0.29, 0.717) is 11.3 Å². The minimum absolute atomic E-state index is 0.0440. The van der Waals surface area contributed by atoms with E-state index in [2.05, 4.69) is 15.5 Å². The number of nitrogens with zero attached hydrogens (tertiary/aromatic N) is 1. The number of nitrogens with one attached hydrogen (secondary N) is 2. The van der Waals surface area contributed by atoms with Crippen LogP contribution in [0.5, 0.6) is 0 Å². The summed E-state index contributed by atoms with van der Waals surface area (Å²) in [6.07, 6.45) is 1.81. The number of esters is 1. The van der Waals surface area contributed by atoms with Crippen molar-refractivity contribution in [1.29, 1.82) is 0 Å². The summed E-state index contributed by atoms with van der Waals surface area (Å²) in [6.45, 7) is 2.35. The number of rotatable bonds is 5. The second-order valence-corrected chi connectivity index (χ2v) is 7.93. The molecule has 1 aromatic carbocycles. The second-order valence-electron chi connectivity index (χ2n) is 6.95. The number of thiophene rings is 1. The third-order valence-electron chi connectivity index (χ3n) is 5.04. The summed E-state index contributed by atoms with van der Waals surface area (Å²) in [6, 6.07) is 8.69. The van der Waals surface area contributed by atoms with E-state index in [-0.39, 0.29) is 30.5 Å². The van der Waals surface area contributed by atoms with Gasteiger partial charge in [-0.3, -0.25) is 9.59 Å². The van der Waals surface area contributed by atoms with Crippen molar-refractivity contribution in [2.45, 2.75) is 31.8 Å². The van der Waals surface area contributed by atoms with Crippen LogP contribution < -0.4 is 15.5 Å². The maximum absolute atomic E-state index is 12.3. The first-order chi connectivity index (χ1) is 13.5. The molecule has 0 spiro atoms. The first kappa shape index (κ1) is 18.5. The SMILES string of the molecule is C[C@H](NC(=O)COC(=O)c1ccc2c(c1)NC(=O)[C@H]1CCCN21)c1cccs1. The molecule has 2 aliphatic rings. The van der Waals surface area contributed by atoms with Gasteiger partial charge in [0.1, 0.15) is 6.04 Å². The Morgan fingerprint density at radius 1 is 1.39 bits per heavy atom. The fourth-order valence-electron chi connectivity index (χ4n) is 3.66. The molecule has 1 aromatic heterocycles. The molecule has 2 atom stereocenters. The molecule has 0 radical (unpaired) electrons. The smallest absolute Gasteiger partial charge is 0.338 e. The largest absolute Gasteiger partial charge is 0.452 e. The summed E-state index contributed by atoms with van der Waals surface area (Å²) in [7, 11) is 0. The molecule has 0 saturated carbocycles. The van der Waals surface area contributed by atoms with Crippen LogP contribution in [0.3, 0.4) is 0 Å². The van der Waals surface area contributed by atoms with Gasteiger partial charge in [-0.1, -0.05) is 6.07 Å². The fourth-order valence-corrected chi connectivity index (χ4v) is 4.40. The minimum atomic E-state index is -0.598. The Morgan fingerprint density at radius 2 is 2.25 bits per heavy atom. The maximum Gasteiger partial charge on any atom is 0.338 e. The number of anilines is 2. The van der Waals surface area contributed by atoms with Crippen LogP contribution in [0.1, 0.15) is 41.0 Å². The van der Waals surface area contributed by atoms with Crippen molar-refractivity contribution in [3.63, 3.8) is 0 Å². The number of hydrogen-bond donors (Lipinski definition) is 2. The van der Waals surface area contributed by atoms with Crippen LogP contribution in [0.4, 0.5) is 11.4 Å². The molecule has 4 rings (SSSR count). The lowest BCUT2D eigenvalue weighted by atomic mass is 10.1. The summed E-state index contributed by atoms with van der Waals surface area (Å²) in [5.41, 5.74) is 1.82. The molecule has 1 saturated heterocycles. The van der Waals surface area contributed by atoms with Gasteiger partial charge in [0.15, 0.2) is 6.61 Å². The van der Waals surface area contributed by atoms with E-state index in [0.717, 1.165) is 30.0 Å². The molecule has 2 aromatic rings. The predicted octanol–water partition coefficient (Wildman–Crippen LogP) is 2.70. The Hall–Kier alpha value is -2.87. The third-order valence-corrected chi connectivity index (χ3v) is 6.09. The fraction of sp³-hybridized carbons (Fsp3) is 0.350. The number of carbonyl (C=O) groups excluding carboxylic acids is 3. The van der Waals surface area contributed by atoms with Gasteiger partial charge in [-0.15, -0.1) is 11.3 Å². The highest BCUT2D eigenvalue weighted by atomic mass is 32.1. The molecule has 2 amide bonds. The predicted molar refractivity (Wildman–Crippen MR) is 107 cm³/mol. The quantitative estimate of drug-likeness (QED) is 0.755.